The molecule has 1 aromatic heterocycles. The Labute approximate surface area is 137 Å². The lowest BCUT2D eigenvalue weighted by Gasteiger charge is -2.46. The van der Waals surface area contributed by atoms with Gasteiger partial charge in [-0.15, -0.1) is 6.58 Å². The van der Waals surface area contributed by atoms with E-state index in [1.54, 1.807) is 0 Å². The Morgan fingerprint density at radius 2 is 2.22 bits per heavy atom. The zero-order valence-electron chi connectivity index (χ0n) is 13.5. The van der Waals surface area contributed by atoms with E-state index in [4.69, 9.17) is 0 Å². The smallest absolute Gasteiger partial charge is 0.0471 e. The van der Waals surface area contributed by atoms with Gasteiger partial charge in [0.2, 0.25) is 0 Å². The summed E-state index contributed by atoms with van der Waals surface area (Å²) in [5.74, 6) is 0.844. The van der Waals surface area contributed by atoms with Gasteiger partial charge in [-0.1, -0.05) is 24.8 Å². The summed E-state index contributed by atoms with van der Waals surface area (Å²) in [5, 5.41) is 11.1. The second-order valence-corrected chi connectivity index (χ2v) is 6.90. The Kier molecular flexibility index (Phi) is 3.63. The summed E-state index contributed by atoms with van der Waals surface area (Å²) in [6, 6.07) is 7.06. The van der Waals surface area contributed by atoms with Crippen LogP contribution in [0.25, 0.3) is 17.0 Å². The molecule has 1 fully saturated rings. The number of piperidine rings is 1. The lowest BCUT2D eigenvalue weighted by Crippen LogP contribution is -2.50. The predicted octanol–water partition coefficient (Wildman–Crippen LogP) is 3.32. The molecule has 1 aromatic carbocycles. The van der Waals surface area contributed by atoms with Gasteiger partial charge >= 0.3 is 0 Å². The van der Waals surface area contributed by atoms with Gasteiger partial charge in [0.25, 0.3) is 0 Å². The molecule has 1 aliphatic carbocycles. The summed E-state index contributed by atoms with van der Waals surface area (Å²) in [5.41, 5.74) is 5.22. The molecule has 2 N–H and O–H groups in total. The summed E-state index contributed by atoms with van der Waals surface area (Å²) in [6.07, 6.45) is 6.05. The van der Waals surface area contributed by atoms with E-state index in [2.05, 4.69) is 41.2 Å². The third-order valence-corrected chi connectivity index (χ3v) is 5.65. The lowest BCUT2D eigenvalue weighted by atomic mass is 9.72. The van der Waals surface area contributed by atoms with Crippen molar-refractivity contribution >= 4 is 17.0 Å². The molecule has 3 atom stereocenters. The van der Waals surface area contributed by atoms with Gasteiger partial charge in [0.1, 0.15) is 0 Å². The van der Waals surface area contributed by atoms with Crippen molar-refractivity contribution < 1.29 is 5.11 Å². The first-order chi connectivity index (χ1) is 11.3. The van der Waals surface area contributed by atoms with Gasteiger partial charge < -0.3 is 10.1 Å². The molecule has 1 unspecified atom stereocenters. The largest absolute Gasteiger partial charge is 0.396 e. The Bertz CT molecular complexity index is 760. The molecule has 0 radical (unpaired) electrons. The average molecular weight is 308 g/mol. The van der Waals surface area contributed by atoms with Gasteiger partial charge in [0, 0.05) is 48.3 Å². The van der Waals surface area contributed by atoms with Gasteiger partial charge in [-0.3, -0.25) is 4.90 Å². The molecule has 0 amide bonds. The second-order valence-electron chi connectivity index (χ2n) is 6.90. The Balaban J connectivity index is 1.86. The number of aliphatic hydroxyl groups excluding tert-OH is 1. The van der Waals surface area contributed by atoms with E-state index in [9.17, 15) is 5.11 Å². The minimum absolute atomic E-state index is 0.269. The number of nitrogens with zero attached hydrogens (tertiary/aromatic N) is 1. The summed E-state index contributed by atoms with van der Waals surface area (Å²) >= 11 is 0. The van der Waals surface area contributed by atoms with Crippen molar-refractivity contribution in [1.29, 1.82) is 0 Å². The first-order valence-corrected chi connectivity index (χ1v) is 8.48. The van der Waals surface area contributed by atoms with Crippen LogP contribution in [0.4, 0.5) is 0 Å². The fourth-order valence-corrected chi connectivity index (χ4v) is 4.70. The van der Waals surface area contributed by atoms with E-state index in [0.29, 0.717) is 17.9 Å². The van der Waals surface area contributed by atoms with Crippen molar-refractivity contribution in [2.75, 3.05) is 19.7 Å². The molecule has 4 rings (SSSR count). The van der Waals surface area contributed by atoms with Crippen molar-refractivity contribution in [3.8, 4) is 0 Å². The van der Waals surface area contributed by atoms with Crippen molar-refractivity contribution in [3.63, 3.8) is 0 Å². The summed E-state index contributed by atoms with van der Waals surface area (Å²) in [6.45, 7) is 10.0. The third kappa shape index (κ3) is 2.19. The molecule has 1 saturated heterocycles. The van der Waals surface area contributed by atoms with Crippen LogP contribution in [0.1, 0.15) is 29.2 Å². The molecule has 120 valence electrons. The maximum atomic E-state index is 9.73. The highest BCUT2D eigenvalue weighted by molar-refractivity contribution is 5.91. The number of nitrogens with one attached hydrogen (secondary N) is 1. The summed E-state index contributed by atoms with van der Waals surface area (Å²) in [4.78, 5) is 6.02. The van der Waals surface area contributed by atoms with Crippen LogP contribution in [0.15, 0.2) is 37.4 Å². The van der Waals surface area contributed by atoms with Gasteiger partial charge in [-0.2, -0.15) is 0 Å². The molecule has 2 heterocycles. The maximum absolute atomic E-state index is 9.73. The normalized spacial score (nSPS) is 26.9. The van der Waals surface area contributed by atoms with Crippen LogP contribution in [0.5, 0.6) is 0 Å². The number of fused-ring (bicyclic) bond motifs is 2. The Hall–Kier alpha value is -1.84. The van der Waals surface area contributed by atoms with Crippen LogP contribution < -0.4 is 0 Å². The molecule has 23 heavy (non-hydrogen) atoms. The molecule has 1 aliphatic heterocycles. The molecule has 0 bridgehead atoms. The van der Waals surface area contributed by atoms with Crippen molar-refractivity contribution in [1.82, 2.24) is 9.88 Å². The highest BCUT2D eigenvalue weighted by Gasteiger charge is 2.40. The first-order valence-electron chi connectivity index (χ1n) is 8.48. The maximum Gasteiger partial charge on any atom is 0.0471 e. The number of H-pyrrole nitrogens is 1. The van der Waals surface area contributed by atoms with E-state index in [0.717, 1.165) is 31.6 Å². The van der Waals surface area contributed by atoms with Crippen LogP contribution in [0.2, 0.25) is 0 Å². The molecule has 3 heteroatoms. The van der Waals surface area contributed by atoms with E-state index < -0.39 is 0 Å². The Morgan fingerprint density at radius 3 is 2.96 bits per heavy atom. The molecule has 0 spiro atoms. The fourth-order valence-electron chi connectivity index (χ4n) is 4.70. The van der Waals surface area contributed by atoms with E-state index in [1.165, 1.54) is 22.0 Å². The van der Waals surface area contributed by atoms with Crippen LogP contribution in [-0.4, -0.2) is 40.7 Å². The third-order valence-electron chi connectivity index (χ3n) is 5.65. The first kappa shape index (κ1) is 14.7. The highest BCUT2D eigenvalue weighted by Crippen LogP contribution is 2.45. The predicted molar refractivity (Wildman–Crippen MR) is 95.6 cm³/mol. The number of benzene rings is 1. The van der Waals surface area contributed by atoms with Crippen molar-refractivity contribution in [3.05, 3.63) is 54.3 Å². The van der Waals surface area contributed by atoms with Crippen LogP contribution in [0.3, 0.4) is 0 Å². The zero-order valence-corrected chi connectivity index (χ0v) is 13.5. The minimum atomic E-state index is 0.269. The number of likely N-dealkylation sites (tertiary alicyclic amines) is 1. The molecule has 3 nitrogen and oxygen atoms in total. The van der Waals surface area contributed by atoms with Crippen molar-refractivity contribution in [2.24, 2.45) is 5.92 Å². The zero-order chi connectivity index (χ0) is 16.0. The second kappa shape index (κ2) is 5.66. The van der Waals surface area contributed by atoms with E-state index >= 15 is 0 Å². The number of rotatable bonds is 4. The molecular weight excluding hydrogens is 284 g/mol. The Morgan fingerprint density at radius 1 is 1.35 bits per heavy atom. The number of hydrogen-bond acceptors (Lipinski definition) is 2. The van der Waals surface area contributed by atoms with Crippen LogP contribution in [0, 0.1) is 5.92 Å². The average Bonchev–Trinajstić information content (AvgIpc) is 2.95. The lowest BCUT2D eigenvalue weighted by molar-refractivity contribution is 0.0660. The number of aromatic nitrogens is 1. The van der Waals surface area contributed by atoms with Gasteiger partial charge in [0.15, 0.2) is 0 Å². The topological polar surface area (TPSA) is 39.3 Å². The number of aliphatic hydroxyl groups is 1. The van der Waals surface area contributed by atoms with Gasteiger partial charge in [0.05, 0.1) is 0 Å². The van der Waals surface area contributed by atoms with E-state index in [1.807, 2.05) is 12.2 Å². The summed E-state index contributed by atoms with van der Waals surface area (Å²) < 4.78 is 0. The molecular formula is C20H24N2O. The fraction of sp³-hybridized carbons (Fsp3) is 0.400. The number of hydrogen-bond donors (Lipinski definition) is 2. The minimum Gasteiger partial charge on any atom is -0.396 e. The molecule has 0 saturated carbocycles. The van der Waals surface area contributed by atoms with Gasteiger partial charge in [-0.25, -0.2) is 0 Å². The van der Waals surface area contributed by atoms with Crippen LogP contribution in [-0.2, 0) is 6.42 Å². The number of aromatic amines is 1. The molecule has 2 aliphatic rings. The highest BCUT2D eigenvalue weighted by atomic mass is 16.3. The summed E-state index contributed by atoms with van der Waals surface area (Å²) in [7, 11) is 0. The van der Waals surface area contributed by atoms with Crippen LogP contribution >= 0.6 is 0 Å². The monoisotopic (exact) mass is 308 g/mol. The van der Waals surface area contributed by atoms with Crippen molar-refractivity contribution in [2.45, 2.75) is 24.8 Å². The quantitative estimate of drug-likeness (QED) is 0.851. The SMILES string of the molecule is C=CCN1C[C@H](CO)CC2c3cccc4[nH]c(C=C)c(c34)C[C@H]21. The molecule has 2 aromatic rings. The standard InChI is InChI=1S/C20H24N2O/c1-3-8-22-11-13(12-23)9-15-14-6-5-7-18-20(14)16(10-19(15)22)17(4-2)21-18/h3-7,13,15,19,21,23H,1-2,8-12H2/t13-,15?,19-/m1/s1. The van der Waals surface area contributed by atoms with E-state index in [-0.39, 0.29) is 6.61 Å². The van der Waals surface area contributed by atoms with Gasteiger partial charge in [-0.05, 0) is 42.0 Å².